The van der Waals surface area contributed by atoms with Gasteiger partial charge in [0.25, 0.3) is 0 Å². The second-order valence-electron chi connectivity index (χ2n) is 10.1. The van der Waals surface area contributed by atoms with E-state index in [2.05, 4.69) is 29.8 Å². The van der Waals surface area contributed by atoms with E-state index in [1.807, 2.05) is 6.92 Å². The molecule has 5 rings (SSSR count). The van der Waals surface area contributed by atoms with Gasteiger partial charge in [0, 0.05) is 30.9 Å². The molecular formula is C26H35N7O5S. The number of fused-ring (bicyclic) bond motifs is 1. The molecule has 13 heteroatoms. The molecule has 4 heterocycles. The Bertz CT molecular complexity index is 1390. The van der Waals surface area contributed by atoms with Gasteiger partial charge in [-0.2, -0.15) is 0 Å². The van der Waals surface area contributed by atoms with Crippen molar-refractivity contribution in [2.75, 3.05) is 38.6 Å². The van der Waals surface area contributed by atoms with E-state index in [9.17, 15) is 8.42 Å². The molecule has 12 nitrogen and oxygen atoms in total. The zero-order valence-electron chi connectivity index (χ0n) is 22.9. The van der Waals surface area contributed by atoms with Crippen molar-refractivity contribution in [1.82, 2.24) is 29.6 Å². The highest BCUT2D eigenvalue weighted by Crippen LogP contribution is 2.39. The third kappa shape index (κ3) is 5.30. The molecule has 0 unspecified atom stereocenters. The summed E-state index contributed by atoms with van der Waals surface area (Å²) in [6.45, 7) is 7.49. The molecule has 0 aliphatic carbocycles. The number of nitrogens with zero attached hydrogens (tertiary/aromatic N) is 6. The SMILES string of the molecule is COc1cccc(OC)c1-n1c(NS(=O)(=O)[C@H](C)[C@H](C)c2ncc(C)cn2)nnc1[C@H]1CN2CCC[C@H]2CO1. The van der Waals surface area contributed by atoms with Crippen LogP contribution < -0.4 is 14.2 Å². The van der Waals surface area contributed by atoms with Crippen LogP contribution in [0, 0.1) is 6.92 Å². The molecule has 2 aromatic heterocycles. The number of hydrogen-bond donors (Lipinski definition) is 1. The standard InChI is InChI=1S/C26H35N7O5S/c1-16-12-27-24(28-13-16)17(2)18(3)39(34,35)31-26-30-29-25(22-14-32-11-7-8-19(32)15-38-22)33(26)23-20(36-4)9-6-10-21(23)37-5/h6,9-10,12-13,17-19,22H,7-8,11,14-15H2,1-5H3,(H,30,31)/t17-,18+,19-,22+/m0/s1. The summed E-state index contributed by atoms with van der Waals surface area (Å²) in [7, 11) is -0.868. The number of methoxy groups -OCH3 is 2. The number of morpholine rings is 1. The zero-order chi connectivity index (χ0) is 27.7. The minimum atomic E-state index is -3.96. The van der Waals surface area contributed by atoms with Crippen molar-refractivity contribution in [1.29, 1.82) is 0 Å². The maximum Gasteiger partial charge on any atom is 0.243 e. The fourth-order valence-electron chi connectivity index (χ4n) is 5.15. The van der Waals surface area contributed by atoms with Crippen LogP contribution in [-0.4, -0.2) is 83.3 Å². The first kappa shape index (κ1) is 27.3. The van der Waals surface area contributed by atoms with Crippen molar-refractivity contribution in [3.05, 3.63) is 47.8 Å². The molecule has 210 valence electrons. The van der Waals surface area contributed by atoms with E-state index in [-0.39, 0.29) is 5.95 Å². The minimum Gasteiger partial charge on any atom is -0.494 e. The molecule has 1 aromatic carbocycles. The van der Waals surface area contributed by atoms with Gasteiger partial charge in [-0.3, -0.25) is 14.2 Å². The van der Waals surface area contributed by atoms with Crippen LogP contribution in [0.4, 0.5) is 5.95 Å². The molecule has 0 spiro atoms. The van der Waals surface area contributed by atoms with Crippen molar-refractivity contribution >= 4 is 16.0 Å². The van der Waals surface area contributed by atoms with Crippen molar-refractivity contribution in [3.8, 4) is 17.2 Å². The Labute approximate surface area is 228 Å². The number of para-hydroxylation sites is 1. The van der Waals surface area contributed by atoms with Crippen LogP contribution in [0.25, 0.3) is 5.69 Å². The highest BCUT2D eigenvalue weighted by atomic mass is 32.2. The van der Waals surface area contributed by atoms with Crippen molar-refractivity contribution in [3.63, 3.8) is 0 Å². The van der Waals surface area contributed by atoms with Gasteiger partial charge in [-0.25, -0.2) is 18.4 Å². The van der Waals surface area contributed by atoms with Crippen molar-refractivity contribution in [2.45, 2.75) is 56.9 Å². The molecule has 4 atom stereocenters. The average molecular weight is 558 g/mol. The Morgan fingerprint density at radius 2 is 1.79 bits per heavy atom. The summed E-state index contributed by atoms with van der Waals surface area (Å²) >= 11 is 0. The number of anilines is 1. The fourth-order valence-corrected chi connectivity index (χ4v) is 6.39. The fraction of sp³-hybridized carbons (Fsp3) is 0.538. The van der Waals surface area contributed by atoms with Crippen LogP contribution in [0.15, 0.2) is 30.6 Å². The summed E-state index contributed by atoms with van der Waals surface area (Å²) in [6, 6.07) is 5.74. The van der Waals surface area contributed by atoms with Gasteiger partial charge in [-0.15, -0.1) is 10.2 Å². The van der Waals surface area contributed by atoms with E-state index in [1.165, 1.54) is 0 Å². The average Bonchev–Trinajstić information content (AvgIpc) is 3.58. The molecule has 2 aliphatic rings. The molecule has 2 aliphatic heterocycles. The third-order valence-corrected chi connectivity index (χ3v) is 9.48. The second kappa shape index (κ2) is 11.1. The van der Waals surface area contributed by atoms with Crippen LogP contribution in [0.5, 0.6) is 11.5 Å². The molecular weight excluding hydrogens is 522 g/mol. The van der Waals surface area contributed by atoms with E-state index < -0.39 is 27.3 Å². The molecule has 0 saturated carbocycles. The number of sulfonamides is 1. The number of ether oxygens (including phenoxy) is 3. The summed E-state index contributed by atoms with van der Waals surface area (Å²) in [6.07, 6.45) is 5.16. The van der Waals surface area contributed by atoms with E-state index in [4.69, 9.17) is 14.2 Å². The Balaban J connectivity index is 1.54. The Morgan fingerprint density at radius 3 is 2.46 bits per heavy atom. The first-order chi connectivity index (χ1) is 18.7. The number of aromatic nitrogens is 5. The van der Waals surface area contributed by atoms with E-state index in [1.54, 1.807) is 63.2 Å². The molecule has 2 fully saturated rings. The van der Waals surface area contributed by atoms with E-state index in [0.29, 0.717) is 48.0 Å². The van der Waals surface area contributed by atoms with Crippen molar-refractivity contribution in [2.24, 2.45) is 0 Å². The first-order valence-electron chi connectivity index (χ1n) is 13.1. The van der Waals surface area contributed by atoms with Crippen LogP contribution in [-0.2, 0) is 14.8 Å². The minimum absolute atomic E-state index is 0.0174. The lowest BCUT2D eigenvalue weighted by molar-refractivity contribution is -0.0548. The van der Waals surface area contributed by atoms with Crippen molar-refractivity contribution < 1.29 is 22.6 Å². The molecule has 39 heavy (non-hydrogen) atoms. The second-order valence-corrected chi connectivity index (χ2v) is 12.1. The van der Waals surface area contributed by atoms with Crippen LogP contribution in [0.2, 0.25) is 0 Å². The smallest absolute Gasteiger partial charge is 0.243 e. The number of hydrogen-bond acceptors (Lipinski definition) is 10. The summed E-state index contributed by atoms with van der Waals surface area (Å²) in [4.78, 5) is 11.1. The third-order valence-electron chi connectivity index (χ3n) is 7.63. The quantitative estimate of drug-likeness (QED) is 0.419. The number of benzene rings is 1. The lowest BCUT2D eigenvalue weighted by atomic mass is 10.1. The van der Waals surface area contributed by atoms with Gasteiger partial charge in [-0.1, -0.05) is 13.0 Å². The van der Waals surface area contributed by atoms with E-state index in [0.717, 1.165) is 24.9 Å². The first-order valence-corrected chi connectivity index (χ1v) is 14.6. The van der Waals surface area contributed by atoms with E-state index >= 15 is 0 Å². The molecule has 0 bridgehead atoms. The van der Waals surface area contributed by atoms with Gasteiger partial charge in [0.15, 0.2) is 5.82 Å². The molecule has 3 aromatic rings. The number of aryl methyl sites for hydroxylation is 1. The van der Waals surface area contributed by atoms with Gasteiger partial charge in [-0.05, 0) is 50.9 Å². The molecule has 2 saturated heterocycles. The van der Waals surface area contributed by atoms with Gasteiger partial charge >= 0.3 is 0 Å². The maximum atomic E-state index is 13.7. The summed E-state index contributed by atoms with van der Waals surface area (Å²) in [5, 5.41) is 7.86. The normalized spacial score (nSPS) is 21.3. The Morgan fingerprint density at radius 1 is 1.10 bits per heavy atom. The topological polar surface area (TPSA) is 134 Å². The lowest BCUT2D eigenvalue weighted by Gasteiger charge is -2.34. The highest BCUT2D eigenvalue weighted by molar-refractivity contribution is 7.93. The van der Waals surface area contributed by atoms with Gasteiger partial charge in [0.2, 0.25) is 16.0 Å². The monoisotopic (exact) mass is 557 g/mol. The highest BCUT2D eigenvalue weighted by Gasteiger charge is 2.38. The summed E-state index contributed by atoms with van der Waals surface area (Å²) < 4.78 is 49.2. The van der Waals surface area contributed by atoms with Gasteiger partial charge < -0.3 is 14.2 Å². The predicted octanol–water partition coefficient (Wildman–Crippen LogP) is 2.85. The largest absolute Gasteiger partial charge is 0.494 e. The summed E-state index contributed by atoms with van der Waals surface area (Å²) in [5.41, 5.74) is 1.38. The zero-order valence-corrected chi connectivity index (χ0v) is 23.7. The maximum absolute atomic E-state index is 13.7. The van der Waals surface area contributed by atoms with Crippen LogP contribution in [0.1, 0.15) is 55.9 Å². The Hall–Kier alpha value is -3.29. The lowest BCUT2D eigenvalue weighted by Crippen LogP contribution is -2.43. The number of nitrogens with one attached hydrogen (secondary N) is 1. The van der Waals surface area contributed by atoms with Gasteiger partial charge in [0.05, 0.1) is 26.1 Å². The Kier molecular flexibility index (Phi) is 7.74. The van der Waals surface area contributed by atoms with Gasteiger partial charge in [0.1, 0.15) is 29.1 Å². The molecule has 0 radical (unpaired) electrons. The summed E-state index contributed by atoms with van der Waals surface area (Å²) in [5.74, 6) is 1.39. The van der Waals surface area contributed by atoms with Crippen LogP contribution >= 0.6 is 0 Å². The number of rotatable bonds is 9. The predicted molar refractivity (Wildman–Crippen MR) is 145 cm³/mol. The van der Waals surface area contributed by atoms with Crippen LogP contribution in [0.3, 0.4) is 0 Å². The molecule has 1 N–H and O–H groups in total. The molecule has 0 amide bonds.